The number of halogens is 3. The predicted molar refractivity (Wildman–Crippen MR) is 136 cm³/mol. The lowest BCUT2D eigenvalue weighted by Crippen LogP contribution is -2.25. The van der Waals surface area contributed by atoms with Crippen molar-refractivity contribution in [1.29, 1.82) is 0 Å². The quantitative estimate of drug-likeness (QED) is 0.328. The van der Waals surface area contributed by atoms with Crippen molar-refractivity contribution < 1.29 is 42.5 Å². The minimum absolute atomic E-state index is 0.0336. The molecule has 0 radical (unpaired) electrons. The second-order valence-electron chi connectivity index (χ2n) is 8.63. The molecule has 0 spiro atoms. The van der Waals surface area contributed by atoms with E-state index in [4.69, 9.17) is 14.9 Å². The highest BCUT2D eigenvalue weighted by molar-refractivity contribution is 6.07. The van der Waals surface area contributed by atoms with E-state index in [9.17, 15) is 27.6 Å². The molecule has 0 bridgehead atoms. The SMILES string of the molecule is Cc1cc(C(=O)C=Cc2ccccc2C(F)(F)F)cc(C)c1OCCN1CCCC1.O=C(O)/C=C/C(=O)O. The maximum absolute atomic E-state index is 13.1. The van der Waals surface area contributed by atoms with Gasteiger partial charge in [0.2, 0.25) is 0 Å². The van der Waals surface area contributed by atoms with Gasteiger partial charge >= 0.3 is 18.1 Å². The number of alkyl halides is 3. The second kappa shape index (κ2) is 14.1. The van der Waals surface area contributed by atoms with Crippen molar-refractivity contribution in [3.05, 3.63) is 82.4 Å². The highest BCUT2D eigenvalue weighted by atomic mass is 19.4. The fourth-order valence-corrected chi connectivity index (χ4v) is 3.91. The van der Waals surface area contributed by atoms with E-state index in [-0.39, 0.29) is 11.3 Å². The van der Waals surface area contributed by atoms with Gasteiger partial charge in [-0.15, -0.1) is 0 Å². The Bertz CT molecular complexity index is 1160. The van der Waals surface area contributed by atoms with Gasteiger partial charge in [-0.05, 0) is 80.7 Å². The first kappa shape index (κ1) is 30.3. The summed E-state index contributed by atoms with van der Waals surface area (Å²) in [4.78, 5) is 34.0. The molecule has 1 saturated heterocycles. The van der Waals surface area contributed by atoms with Gasteiger partial charge in [-0.1, -0.05) is 24.3 Å². The van der Waals surface area contributed by atoms with E-state index in [2.05, 4.69) is 4.90 Å². The van der Waals surface area contributed by atoms with Crippen molar-refractivity contribution in [3.8, 4) is 5.75 Å². The van der Waals surface area contributed by atoms with Gasteiger partial charge in [0.25, 0.3) is 0 Å². The molecule has 2 N–H and O–H groups in total. The smallest absolute Gasteiger partial charge is 0.416 e. The number of ether oxygens (including phenoxy) is 1. The monoisotopic (exact) mass is 533 g/mol. The van der Waals surface area contributed by atoms with Gasteiger partial charge in [-0.2, -0.15) is 13.2 Å². The third-order valence-corrected chi connectivity index (χ3v) is 5.65. The molecule has 38 heavy (non-hydrogen) atoms. The summed E-state index contributed by atoms with van der Waals surface area (Å²) >= 11 is 0. The first-order valence-corrected chi connectivity index (χ1v) is 11.9. The molecule has 3 rings (SSSR count). The molecule has 0 unspecified atom stereocenters. The third kappa shape index (κ3) is 9.85. The van der Waals surface area contributed by atoms with E-state index >= 15 is 0 Å². The van der Waals surface area contributed by atoms with Gasteiger partial charge in [0, 0.05) is 24.3 Å². The summed E-state index contributed by atoms with van der Waals surface area (Å²) in [5.74, 6) is -2.10. The van der Waals surface area contributed by atoms with E-state index in [1.54, 1.807) is 12.1 Å². The molecule has 2 aromatic carbocycles. The average Bonchev–Trinajstić information content (AvgIpc) is 3.36. The first-order chi connectivity index (χ1) is 17.9. The number of aliphatic carboxylic acids is 2. The molecule has 0 aromatic heterocycles. The van der Waals surface area contributed by atoms with E-state index < -0.39 is 23.7 Å². The van der Waals surface area contributed by atoms with E-state index in [0.29, 0.717) is 24.3 Å². The molecule has 0 amide bonds. The molecule has 1 aliphatic rings. The Kier molecular flexibility index (Phi) is 11.3. The van der Waals surface area contributed by atoms with Crippen molar-refractivity contribution in [2.45, 2.75) is 32.9 Å². The number of hydrogen-bond acceptors (Lipinski definition) is 5. The number of nitrogens with zero attached hydrogens (tertiary/aromatic N) is 1. The maximum Gasteiger partial charge on any atom is 0.416 e. The molecule has 1 heterocycles. The summed E-state index contributed by atoms with van der Waals surface area (Å²) in [6.45, 7) is 7.43. The zero-order valence-corrected chi connectivity index (χ0v) is 21.1. The maximum atomic E-state index is 13.1. The lowest BCUT2D eigenvalue weighted by atomic mass is 10.0. The van der Waals surface area contributed by atoms with Crippen LogP contribution >= 0.6 is 0 Å². The molecule has 1 fully saturated rings. The topological polar surface area (TPSA) is 104 Å². The molecule has 1 aliphatic heterocycles. The molecule has 204 valence electrons. The molecule has 0 aliphatic carbocycles. The van der Waals surface area contributed by atoms with E-state index in [0.717, 1.165) is 42.6 Å². The van der Waals surface area contributed by atoms with Crippen LogP contribution in [0.3, 0.4) is 0 Å². The number of benzene rings is 2. The highest BCUT2D eigenvalue weighted by Gasteiger charge is 2.32. The van der Waals surface area contributed by atoms with Crippen molar-refractivity contribution in [2.24, 2.45) is 0 Å². The fourth-order valence-electron chi connectivity index (χ4n) is 3.91. The lowest BCUT2D eigenvalue weighted by Gasteiger charge is -2.17. The van der Waals surface area contributed by atoms with Crippen LogP contribution in [0.5, 0.6) is 5.75 Å². The van der Waals surface area contributed by atoms with Crippen LogP contribution in [0.4, 0.5) is 13.2 Å². The average molecular weight is 534 g/mol. The Hall–Kier alpha value is -3.92. The normalized spacial score (nSPS) is 13.9. The highest BCUT2D eigenvalue weighted by Crippen LogP contribution is 2.32. The van der Waals surface area contributed by atoms with Crippen LogP contribution in [0.15, 0.2) is 54.6 Å². The summed E-state index contributed by atoms with van der Waals surface area (Å²) in [5.41, 5.74) is 1.31. The van der Waals surface area contributed by atoms with Crippen LogP contribution in [0.25, 0.3) is 6.08 Å². The third-order valence-electron chi connectivity index (χ3n) is 5.65. The molecular formula is C28H30F3NO6. The number of ketones is 1. The zero-order valence-electron chi connectivity index (χ0n) is 21.1. The molecule has 10 heteroatoms. The van der Waals surface area contributed by atoms with Crippen LogP contribution in [0.1, 0.15) is 45.5 Å². The second-order valence-corrected chi connectivity index (χ2v) is 8.63. The van der Waals surface area contributed by atoms with Crippen LogP contribution < -0.4 is 4.74 Å². The van der Waals surface area contributed by atoms with Crippen LogP contribution in [-0.2, 0) is 15.8 Å². The fraction of sp³-hybridized carbons (Fsp3) is 0.321. The number of carboxylic acid groups (broad SMARTS) is 2. The van der Waals surface area contributed by atoms with Gasteiger partial charge < -0.3 is 14.9 Å². The summed E-state index contributed by atoms with van der Waals surface area (Å²) in [5, 5.41) is 15.6. The Morgan fingerprint density at radius 3 is 2.03 bits per heavy atom. The number of allylic oxidation sites excluding steroid dienone is 1. The number of carbonyl (C=O) groups excluding carboxylic acids is 1. The number of carbonyl (C=O) groups is 3. The van der Waals surface area contributed by atoms with E-state index in [1.807, 2.05) is 13.8 Å². The lowest BCUT2D eigenvalue weighted by molar-refractivity contribution is -0.137. The van der Waals surface area contributed by atoms with Crippen LogP contribution in [0, 0.1) is 13.8 Å². The largest absolute Gasteiger partial charge is 0.492 e. The van der Waals surface area contributed by atoms with Gasteiger partial charge in [0.1, 0.15) is 12.4 Å². The molecule has 7 nitrogen and oxygen atoms in total. The van der Waals surface area contributed by atoms with Crippen molar-refractivity contribution >= 4 is 23.8 Å². The number of rotatable bonds is 9. The number of carboxylic acids is 2. The molecule has 0 saturated carbocycles. The Labute approximate surface area is 218 Å². The Balaban J connectivity index is 0.000000550. The number of likely N-dealkylation sites (tertiary alicyclic amines) is 1. The van der Waals surface area contributed by atoms with Gasteiger partial charge in [-0.25, -0.2) is 9.59 Å². The van der Waals surface area contributed by atoms with Crippen molar-refractivity contribution in [3.63, 3.8) is 0 Å². The van der Waals surface area contributed by atoms with E-state index in [1.165, 1.54) is 43.2 Å². The minimum atomic E-state index is -4.47. The summed E-state index contributed by atoms with van der Waals surface area (Å²) < 4.78 is 45.3. The summed E-state index contributed by atoms with van der Waals surface area (Å²) in [6.07, 6.45) is 1.52. The Morgan fingerprint density at radius 1 is 0.947 bits per heavy atom. The van der Waals surface area contributed by atoms with Gasteiger partial charge in [0.15, 0.2) is 5.78 Å². The van der Waals surface area contributed by atoms with Crippen LogP contribution in [-0.4, -0.2) is 59.1 Å². The molecular weight excluding hydrogens is 503 g/mol. The zero-order chi connectivity index (χ0) is 28.3. The van der Waals surface area contributed by atoms with Crippen molar-refractivity contribution in [1.82, 2.24) is 4.90 Å². The summed E-state index contributed by atoms with van der Waals surface area (Å²) in [7, 11) is 0. The predicted octanol–water partition coefficient (Wildman–Crippen LogP) is 5.40. The number of aryl methyl sites for hydroxylation is 2. The standard InChI is InChI=1S/C24H26F3NO2.C4H4O4/c1-17-15-20(16-18(2)23(17)30-14-13-28-11-5-6-12-28)22(29)10-9-19-7-3-4-8-21(19)24(25,26)27;5-3(6)1-2-4(7)8/h3-4,7-10,15-16H,5-6,11-14H2,1-2H3;1-2H,(H,5,6)(H,7,8)/b;2-1+. The molecule has 0 atom stereocenters. The number of hydrogen-bond donors (Lipinski definition) is 2. The van der Waals surface area contributed by atoms with Gasteiger partial charge in [0.05, 0.1) is 5.56 Å². The summed E-state index contributed by atoms with van der Waals surface area (Å²) in [6, 6.07) is 8.65. The van der Waals surface area contributed by atoms with Gasteiger partial charge in [-0.3, -0.25) is 9.69 Å². The molecule has 2 aromatic rings. The van der Waals surface area contributed by atoms with Crippen molar-refractivity contribution in [2.75, 3.05) is 26.2 Å². The Morgan fingerprint density at radius 2 is 1.50 bits per heavy atom. The van der Waals surface area contributed by atoms with Crippen LogP contribution in [0.2, 0.25) is 0 Å². The minimum Gasteiger partial charge on any atom is -0.492 e. The first-order valence-electron chi connectivity index (χ1n) is 11.9.